The van der Waals surface area contributed by atoms with Gasteiger partial charge in [0.15, 0.2) is 0 Å². The molecular weight excluding hydrogens is 501 g/mol. The Bertz CT molecular complexity index is 1410. The lowest BCUT2D eigenvalue weighted by Crippen LogP contribution is -2.53. The largest absolute Gasteiger partial charge is 0.415 e. The van der Waals surface area contributed by atoms with Crippen LogP contribution in [-0.4, -0.2) is 66.1 Å². The summed E-state index contributed by atoms with van der Waals surface area (Å²) in [5.41, 5.74) is 1.04. The second-order valence-corrected chi connectivity index (χ2v) is 10.5. The van der Waals surface area contributed by atoms with Crippen LogP contribution in [0.25, 0.3) is 11.5 Å². The maximum atomic E-state index is 14.9. The van der Waals surface area contributed by atoms with Gasteiger partial charge in [-0.2, -0.15) is 13.1 Å². The van der Waals surface area contributed by atoms with E-state index in [0.29, 0.717) is 0 Å². The number of nitrogens with zero attached hydrogens (tertiary/aromatic N) is 4. The summed E-state index contributed by atoms with van der Waals surface area (Å²) >= 11 is 0. The standard InChI is InChI=1S/C23H21F3N4O5S/c1-13-2-4-16(5-3-13)36(32,33)30-6-7-34-12-15(30)10-29-11-18-17(23(29)31)8-14(9-19(18)24)21-27-28-22(35-21)20(25)26/h2-5,8-9,15,20H,6-7,10-12H2,1H3/t15-/m0/s1. The Morgan fingerprint density at radius 2 is 1.92 bits per heavy atom. The van der Waals surface area contributed by atoms with Crippen LogP contribution in [0.5, 0.6) is 0 Å². The number of hydrogen-bond acceptors (Lipinski definition) is 7. The third-order valence-corrected chi connectivity index (χ3v) is 8.13. The van der Waals surface area contributed by atoms with E-state index in [4.69, 9.17) is 9.15 Å². The SMILES string of the molecule is Cc1ccc(S(=O)(=O)N2CCOC[C@@H]2CN2Cc3c(F)cc(-c4nnc(C(F)F)o4)cc3C2=O)cc1. The van der Waals surface area contributed by atoms with E-state index in [1.165, 1.54) is 27.4 Å². The number of aromatic nitrogens is 2. The number of aryl methyl sites for hydroxylation is 1. The van der Waals surface area contributed by atoms with Gasteiger partial charge >= 0.3 is 6.43 Å². The monoisotopic (exact) mass is 522 g/mol. The molecule has 2 aliphatic heterocycles. The predicted molar refractivity (Wildman–Crippen MR) is 119 cm³/mol. The van der Waals surface area contributed by atoms with Crippen molar-refractivity contribution in [1.82, 2.24) is 19.4 Å². The van der Waals surface area contributed by atoms with Crippen molar-refractivity contribution < 1.29 is 35.5 Å². The maximum absolute atomic E-state index is 14.9. The molecule has 0 bridgehead atoms. The lowest BCUT2D eigenvalue weighted by molar-refractivity contribution is 0.0183. The molecular formula is C23H21F3N4O5S. The van der Waals surface area contributed by atoms with E-state index in [-0.39, 0.29) is 60.3 Å². The molecule has 1 aromatic heterocycles. The fraction of sp³-hybridized carbons (Fsp3) is 0.348. The normalized spacial score (nSPS) is 18.8. The van der Waals surface area contributed by atoms with Crippen LogP contribution in [0.3, 0.4) is 0 Å². The number of amides is 1. The van der Waals surface area contributed by atoms with Gasteiger partial charge in [0, 0.05) is 36.3 Å². The highest BCUT2D eigenvalue weighted by Crippen LogP contribution is 2.32. The molecule has 1 amide bonds. The van der Waals surface area contributed by atoms with Gasteiger partial charge in [-0.3, -0.25) is 4.79 Å². The van der Waals surface area contributed by atoms with Gasteiger partial charge in [0.2, 0.25) is 15.9 Å². The first-order valence-electron chi connectivity index (χ1n) is 11.0. The minimum atomic E-state index is -3.86. The summed E-state index contributed by atoms with van der Waals surface area (Å²) in [7, 11) is -3.86. The molecule has 0 saturated carbocycles. The lowest BCUT2D eigenvalue weighted by Gasteiger charge is -2.36. The van der Waals surface area contributed by atoms with Crippen LogP contribution in [0.4, 0.5) is 13.2 Å². The van der Waals surface area contributed by atoms with Gasteiger partial charge in [0.25, 0.3) is 11.8 Å². The number of morpholine rings is 1. The van der Waals surface area contributed by atoms with Crippen LogP contribution in [0, 0.1) is 12.7 Å². The van der Waals surface area contributed by atoms with Gasteiger partial charge in [0.1, 0.15) is 5.82 Å². The van der Waals surface area contributed by atoms with E-state index in [1.54, 1.807) is 12.1 Å². The van der Waals surface area contributed by atoms with E-state index >= 15 is 0 Å². The molecule has 1 saturated heterocycles. The number of carbonyl (C=O) groups is 1. The Labute approximate surface area is 204 Å². The first-order chi connectivity index (χ1) is 17.1. The summed E-state index contributed by atoms with van der Waals surface area (Å²) in [6, 6.07) is 8.13. The van der Waals surface area contributed by atoms with E-state index in [1.807, 2.05) is 6.92 Å². The first-order valence-corrected chi connectivity index (χ1v) is 12.5. The molecule has 1 atom stereocenters. The quantitative estimate of drug-likeness (QED) is 0.490. The summed E-state index contributed by atoms with van der Waals surface area (Å²) < 4.78 is 78.8. The molecule has 36 heavy (non-hydrogen) atoms. The van der Waals surface area contributed by atoms with Crippen LogP contribution in [0.2, 0.25) is 0 Å². The van der Waals surface area contributed by atoms with Gasteiger partial charge in [-0.25, -0.2) is 12.8 Å². The number of rotatable bonds is 6. The molecule has 190 valence electrons. The van der Waals surface area contributed by atoms with Gasteiger partial charge in [0.05, 0.1) is 24.2 Å². The number of fused-ring (bicyclic) bond motifs is 1. The summed E-state index contributed by atoms with van der Waals surface area (Å²) in [4.78, 5) is 14.6. The molecule has 0 aliphatic carbocycles. The van der Waals surface area contributed by atoms with Crippen LogP contribution < -0.4 is 0 Å². The molecule has 0 spiro atoms. The molecule has 3 aromatic rings. The highest BCUT2D eigenvalue weighted by molar-refractivity contribution is 7.89. The number of hydrogen-bond donors (Lipinski definition) is 0. The van der Waals surface area contributed by atoms with Gasteiger partial charge in [-0.15, -0.1) is 10.2 Å². The maximum Gasteiger partial charge on any atom is 0.314 e. The molecule has 5 rings (SSSR count). The van der Waals surface area contributed by atoms with Crippen molar-refractivity contribution in [3.8, 4) is 11.5 Å². The van der Waals surface area contributed by atoms with Crippen LogP contribution in [-0.2, 0) is 21.3 Å². The Morgan fingerprint density at radius 1 is 1.17 bits per heavy atom. The smallest absolute Gasteiger partial charge is 0.314 e. The molecule has 0 radical (unpaired) electrons. The number of sulfonamides is 1. The second-order valence-electron chi connectivity index (χ2n) is 8.57. The fourth-order valence-corrected chi connectivity index (χ4v) is 5.92. The molecule has 2 aromatic carbocycles. The zero-order valence-corrected chi connectivity index (χ0v) is 19.8. The Hall–Kier alpha value is -3.29. The zero-order valence-electron chi connectivity index (χ0n) is 19.0. The highest BCUT2D eigenvalue weighted by Gasteiger charge is 2.39. The number of carbonyl (C=O) groups excluding carboxylic acids is 1. The average molecular weight is 523 g/mol. The molecule has 1 fully saturated rings. The number of alkyl halides is 2. The molecule has 3 heterocycles. The van der Waals surface area contributed by atoms with E-state index in [0.717, 1.165) is 11.6 Å². The minimum Gasteiger partial charge on any atom is -0.415 e. The van der Waals surface area contributed by atoms with Crippen molar-refractivity contribution in [1.29, 1.82) is 0 Å². The zero-order chi connectivity index (χ0) is 25.6. The number of ether oxygens (including phenoxy) is 1. The van der Waals surface area contributed by atoms with Gasteiger partial charge < -0.3 is 14.1 Å². The Kier molecular flexibility index (Phi) is 6.30. The van der Waals surface area contributed by atoms with Gasteiger partial charge in [-0.1, -0.05) is 17.7 Å². The predicted octanol–water partition coefficient (Wildman–Crippen LogP) is 3.17. The summed E-state index contributed by atoms with van der Waals surface area (Å²) in [6.07, 6.45) is -2.99. The lowest BCUT2D eigenvalue weighted by atomic mass is 10.1. The summed E-state index contributed by atoms with van der Waals surface area (Å²) in [6.45, 7) is 2.13. The Morgan fingerprint density at radius 3 is 2.61 bits per heavy atom. The molecule has 0 unspecified atom stereocenters. The number of benzene rings is 2. The van der Waals surface area contributed by atoms with E-state index in [9.17, 15) is 26.4 Å². The minimum absolute atomic E-state index is 0.00887. The Balaban J connectivity index is 1.39. The van der Waals surface area contributed by atoms with Crippen LogP contribution >= 0.6 is 0 Å². The van der Waals surface area contributed by atoms with Crippen molar-refractivity contribution in [3.05, 3.63) is 64.8 Å². The summed E-state index contributed by atoms with van der Waals surface area (Å²) in [5, 5.41) is 6.73. The third-order valence-electron chi connectivity index (χ3n) is 6.17. The van der Waals surface area contributed by atoms with E-state index in [2.05, 4.69) is 10.2 Å². The molecule has 9 nitrogen and oxygen atoms in total. The summed E-state index contributed by atoms with van der Waals surface area (Å²) in [5.74, 6) is -2.52. The van der Waals surface area contributed by atoms with E-state index < -0.39 is 40.1 Å². The fourth-order valence-electron chi connectivity index (χ4n) is 4.33. The third kappa shape index (κ3) is 4.38. The van der Waals surface area contributed by atoms with Crippen molar-refractivity contribution in [2.45, 2.75) is 30.8 Å². The van der Waals surface area contributed by atoms with Crippen molar-refractivity contribution in [2.24, 2.45) is 0 Å². The van der Waals surface area contributed by atoms with Crippen molar-refractivity contribution in [3.63, 3.8) is 0 Å². The van der Waals surface area contributed by atoms with Crippen molar-refractivity contribution in [2.75, 3.05) is 26.3 Å². The second kappa shape index (κ2) is 9.30. The molecule has 2 aliphatic rings. The van der Waals surface area contributed by atoms with Crippen molar-refractivity contribution >= 4 is 15.9 Å². The number of halogens is 3. The van der Waals surface area contributed by atoms with Crippen LogP contribution in [0.15, 0.2) is 45.7 Å². The topological polar surface area (TPSA) is 106 Å². The van der Waals surface area contributed by atoms with Gasteiger partial charge in [-0.05, 0) is 31.2 Å². The molecule has 0 N–H and O–H groups in total. The average Bonchev–Trinajstić information content (AvgIpc) is 3.46. The highest BCUT2D eigenvalue weighted by atomic mass is 32.2. The first kappa shape index (κ1) is 24.4. The van der Waals surface area contributed by atoms with Crippen LogP contribution in [0.1, 0.15) is 33.8 Å². The molecule has 13 heteroatoms.